The first-order valence-electron chi connectivity index (χ1n) is 11.7. The van der Waals surface area contributed by atoms with E-state index >= 15 is 0 Å². The zero-order chi connectivity index (χ0) is 23.0. The van der Waals surface area contributed by atoms with Gasteiger partial charge in [-0.1, -0.05) is 6.07 Å². The Labute approximate surface area is 194 Å². The van der Waals surface area contributed by atoms with Gasteiger partial charge in [0, 0.05) is 23.7 Å². The van der Waals surface area contributed by atoms with Crippen molar-refractivity contribution in [2.45, 2.75) is 64.3 Å². The van der Waals surface area contributed by atoms with Crippen LogP contribution in [0.4, 0.5) is 0 Å². The van der Waals surface area contributed by atoms with Crippen LogP contribution in [0, 0.1) is 0 Å². The van der Waals surface area contributed by atoms with Gasteiger partial charge < -0.3 is 9.47 Å². The van der Waals surface area contributed by atoms with Crippen molar-refractivity contribution in [3.63, 3.8) is 0 Å². The molecule has 1 aliphatic rings. The van der Waals surface area contributed by atoms with Gasteiger partial charge in [0.25, 0.3) is 0 Å². The molecule has 0 aliphatic heterocycles. The Balaban J connectivity index is 1.41. The van der Waals surface area contributed by atoms with Gasteiger partial charge in [0.1, 0.15) is 6.04 Å². The molecule has 0 N–H and O–H groups in total. The molecule has 3 aromatic heterocycles. The minimum absolute atomic E-state index is 0.134. The Hall–Kier alpha value is -3.29. The maximum Gasteiger partial charge on any atom is 0.308 e. The van der Waals surface area contributed by atoms with Crippen LogP contribution in [0.15, 0.2) is 36.7 Å². The molecule has 0 bridgehead atoms. The maximum absolute atomic E-state index is 12.2. The van der Waals surface area contributed by atoms with Gasteiger partial charge >= 0.3 is 5.97 Å². The van der Waals surface area contributed by atoms with Crippen LogP contribution < -0.4 is 4.74 Å². The van der Waals surface area contributed by atoms with Crippen molar-refractivity contribution in [2.24, 2.45) is 0 Å². The van der Waals surface area contributed by atoms with E-state index in [0.717, 1.165) is 49.1 Å². The van der Waals surface area contributed by atoms with E-state index in [0.29, 0.717) is 12.5 Å². The fourth-order valence-electron chi connectivity index (χ4n) is 4.21. The summed E-state index contributed by atoms with van der Waals surface area (Å²) in [5.41, 5.74) is 5.55. The topological polar surface area (TPSA) is 92.0 Å². The molecule has 3 aromatic rings. The molecule has 1 aliphatic carbocycles. The second kappa shape index (κ2) is 11.0. The zero-order valence-corrected chi connectivity index (χ0v) is 19.4. The van der Waals surface area contributed by atoms with Gasteiger partial charge in [-0.3, -0.25) is 9.78 Å². The Kier molecular flexibility index (Phi) is 7.65. The van der Waals surface area contributed by atoms with Crippen LogP contribution in [0.3, 0.4) is 0 Å². The monoisotopic (exact) mass is 449 g/mol. The summed E-state index contributed by atoms with van der Waals surface area (Å²) in [6, 6.07) is 7.66. The fraction of sp³-hybridized carbons (Fsp3) is 0.480. The molecule has 8 heteroatoms. The highest BCUT2D eigenvalue weighted by Gasteiger charge is 2.22. The van der Waals surface area contributed by atoms with Crippen LogP contribution in [0.2, 0.25) is 0 Å². The van der Waals surface area contributed by atoms with Crippen LogP contribution in [0.25, 0.3) is 0 Å². The molecule has 0 fully saturated rings. The summed E-state index contributed by atoms with van der Waals surface area (Å²) in [5.74, 6) is 0.217. The molecule has 1 atom stereocenters. The number of carbonyl (C=O) groups excluding carboxylic acids is 1. The lowest BCUT2D eigenvalue weighted by Crippen LogP contribution is -2.19. The third-order valence-electron chi connectivity index (χ3n) is 5.95. The van der Waals surface area contributed by atoms with Gasteiger partial charge in [0.2, 0.25) is 5.88 Å². The quantitative estimate of drug-likeness (QED) is 0.436. The molecule has 0 spiro atoms. The molecule has 33 heavy (non-hydrogen) atoms. The molecule has 0 radical (unpaired) electrons. The van der Waals surface area contributed by atoms with Crippen molar-refractivity contribution in [3.8, 4) is 5.88 Å². The summed E-state index contributed by atoms with van der Waals surface area (Å²) in [5, 5.41) is 9.12. The smallest absolute Gasteiger partial charge is 0.308 e. The number of pyridine rings is 2. The van der Waals surface area contributed by atoms with Crippen LogP contribution in [-0.2, 0) is 35.2 Å². The van der Waals surface area contributed by atoms with E-state index in [1.807, 2.05) is 6.07 Å². The third-order valence-corrected chi connectivity index (χ3v) is 5.95. The Morgan fingerprint density at radius 3 is 2.73 bits per heavy atom. The highest BCUT2D eigenvalue weighted by atomic mass is 16.5. The van der Waals surface area contributed by atoms with Gasteiger partial charge in [-0.25, -0.2) is 4.98 Å². The van der Waals surface area contributed by atoms with Crippen molar-refractivity contribution in [3.05, 3.63) is 64.9 Å². The lowest BCUT2D eigenvalue weighted by atomic mass is 9.95. The number of methoxy groups -OCH3 is 1. The van der Waals surface area contributed by atoms with E-state index in [1.54, 1.807) is 37.3 Å². The second-order valence-corrected chi connectivity index (χ2v) is 8.28. The van der Waals surface area contributed by atoms with Crippen LogP contribution in [0.1, 0.15) is 66.9 Å². The van der Waals surface area contributed by atoms with E-state index in [4.69, 9.17) is 14.5 Å². The molecular weight excluding hydrogens is 418 g/mol. The molecule has 3 heterocycles. The van der Waals surface area contributed by atoms with Gasteiger partial charge in [-0.2, -0.15) is 15.0 Å². The summed E-state index contributed by atoms with van der Waals surface area (Å²) in [6.07, 6.45) is 11.0. The van der Waals surface area contributed by atoms with Crippen molar-refractivity contribution in [1.29, 1.82) is 0 Å². The first-order chi connectivity index (χ1) is 16.2. The predicted octanol–water partition coefficient (Wildman–Crippen LogP) is 3.67. The number of hydrogen-bond donors (Lipinski definition) is 0. The molecule has 174 valence electrons. The molecule has 8 nitrogen and oxygen atoms in total. The Morgan fingerprint density at radius 1 is 1.09 bits per heavy atom. The summed E-state index contributed by atoms with van der Waals surface area (Å²) in [7, 11) is 1.57. The fourth-order valence-corrected chi connectivity index (χ4v) is 4.21. The number of fused-ring (bicyclic) bond motifs is 1. The predicted molar refractivity (Wildman–Crippen MR) is 123 cm³/mol. The minimum Gasteiger partial charge on any atom is -0.481 e. The highest BCUT2D eigenvalue weighted by molar-refractivity contribution is 5.70. The van der Waals surface area contributed by atoms with Gasteiger partial charge in [-0.05, 0) is 75.1 Å². The van der Waals surface area contributed by atoms with Crippen LogP contribution in [0.5, 0.6) is 5.88 Å². The normalized spacial score (nSPS) is 13.9. The van der Waals surface area contributed by atoms with Crippen molar-refractivity contribution in [1.82, 2.24) is 25.0 Å². The summed E-state index contributed by atoms with van der Waals surface area (Å²) in [4.78, 5) is 22.9. The summed E-state index contributed by atoms with van der Waals surface area (Å²) < 4.78 is 10.3. The van der Waals surface area contributed by atoms with E-state index in [2.05, 4.69) is 27.3 Å². The lowest BCUT2D eigenvalue weighted by Gasteiger charge is -2.16. The molecule has 0 amide bonds. The number of ether oxygens (including phenoxy) is 2. The van der Waals surface area contributed by atoms with E-state index in [9.17, 15) is 4.79 Å². The number of aromatic nitrogens is 5. The molecule has 4 rings (SSSR count). The number of esters is 1. The Morgan fingerprint density at radius 2 is 1.94 bits per heavy atom. The zero-order valence-electron chi connectivity index (χ0n) is 19.4. The molecule has 1 unspecified atom stereocenters. The van der Waals surface area contributed by atoms with E-state index < -0.39 is 6.04 Å². The molecule has 0 saturated carbocycles. The molecule has 0 saturated heterocycles. The van der Waals surface area contributed by atoms with Gasteiger partial charge in [0.15, 0.2) is 0 Å². The second-order valence-electron chi connectivity index (χ2n) is 8.28. The van der Waals surface area contributed by atoms with Crippen LogP contribution >= 0.6 is 0 Å². The number of carbonyl (C=O) groups is 1. The SMILES string of the molecule is CCOC(=O)CC(c1ccc(OC)nc1)n1ncc(CCCc2ccc3c(n2)CCCC3)n1. The first kappa shape index (κ1) is 22.9. The first-order valence-corrected chi connectivity index (χ1v) is 11.7. The minimum atomic E-state index is -0.390. The molecular formula is C25H31N5O3. The number of nitrogens with zero attached hydrogens (tertiary/aromatic N) is 5. The molecule has 0 aromatic carbocycles. The number of rotatable bonds is 10. The lowest BCUT2D eigenvalue weighted by molar-refractivity contribution is -0.143. The number of aryl methyl sites for hydroxylation is 4. The van der Waals surface area contributed by atoms with Gasteiger partial charge in [0.05, 0.1) is 32.0 Å². The highest BCUT2D eigenvalue weighted by Crippen LogP contribution is 2.23. The largest absolute Gasteiger partial charge is 0.481 e. The van der Waals surface area contributed by atoms with Crippen molar-refractivity contribution >= 4 is 5.97 Å². The summed E-state index contributed by atoms with van der Waals surface area (Å²) >= 11 is 0. The van der Waals surface area contributed by atoms with Crippen molar-refractivity contribution < 1.29 is 14.3 Å². The summed E-state index contributed by atoms with van der Waals surface area (Å²) in [6.45, 7) is 2.13. The van der Waals surface area contributed by atoms with Crippen LogP contribution in [-0.4, -0.2) is 44.6 Å². The Bertz CT molecular complexity index is 1060. The van der Waals surface area contributed by atoms with Crippen molar-refractivity contribution in [2.75, 3.05) is 13.7 Å². The standard InChI is InChI=1S/C25H31N5O3/c1-3-33-25(31)15-23(19-12-14-24(32-2)26-16-19)30-27-17-21(29-30)9-6-8-20-13-11-18-7-4-5-10-22(18)28-20/h11-14,16-17,23H,3-10,15H2,1-2H3. The average Bonchev–Trinajstić information content (AvgIpc) is 3.31. The maximum atomic E-state index is 12.2. The van der Waals surface area contributed by atoms with Gasteiger partial charge in [-0.15, -0.1) is 0 Å². The van der Waals surface area contributed by atoms with E-state index in [1.165, 1.54) is 24.1 Å². The van der Waals surface area contributed by atoms with E-state index in [-0.39, 0.29) is 12.4 Å². The number of hydrogen-bond acceptors (Lipinski definition) is 7. The average molecular weight is 450 g/mol. The third kappa shape index (κ3) is 5.94.